The summed E-state index contributed by atoms with van der Waals surface area (Å²) in [6, 6.07) is 0.483. The molecular weight excluding hydrogens is 220 g/mol. The molecule has 1 saturated heterocycles. The molecule has 108 valence electrons. The molecule has 0 aromatic heterocycles. The van der Waals surface area contributed by atoms with Crippen molar-refractivity contribution in [2.75, 3.05) is 13.1 Å². The Balaban J connectivity index is 0.000000357. The third kappa shape index (κ3) is 4.89. The monoisotopic (exact) mass is 254 g/mol. The Morgan fingerprint density at radius 1 is 1.00 bits per heavy atom. The lowest BCUT2D eigenvalue weighted by molar-refractivity contribution is 0.165. The van der Waals surface area contributed by atoms with Gasteiger partial charge in [0, 0.05) is 24.7 Å². The Bertz CT molecular complexity index is 239. The predicted molar refractivity (Wildman–Crippen MR) is 80.6 cm³/mol. The quantitative estimate of drug-likeness (QED) is 0.717. The summed E-state index contributed by atoms with van der Waals surface area (Å²) >= 11 is 0. The molecular formula is C16H34N2. The normalized spacial score (nSPS) is 33.0. The predicted octanol–water partition coefficient (Wildman–Crippen LogP) is 3.51. The van der Waals surface area contributed by atoms with Gasteiger partial charge >= 0.3 is 0 Å². The third-order valence-electron chi connectivity index (χ3n) is 4.04. The van der Waals surface area contributed by atoms with E-state index in [0.29, 0.717) is 11.6 Å². The zero-order valence-corrected chi connectivity index (χ0v) is 13.4. The highest BCUT2D eigenvalue weighted by Crippen LogP contribution is 2.38. The molecule has 1 aliphatic heterocycles. The lowest BCUT2D eigenvalue weighted by Crippen LogP contribution is -2.39. The van der Waals surface area contributed by atoms with Crippen LogP contribution in [0.4, 0.5) is 0 Å². The first kappa shape index (κ1) is 16.0. The van der Waals surface area contributed by atoms with Gasteiger partial charge in [-0.1, -0.05) is 20.8 Å². The minimum Gasteiger partial charge on any atom is -0.328 e. The highest BCUT2D eigenvalue weighted by molar-refractivity contribution is 4.94. The van der Waals surface area contributed by atoms with Crippen molar-refractivity contribution in [1.82, 2.24) is 4.90 Å². The summed E-state index contributed by atoms with van der Waals surface area (Å²) in [5, 5.41) is 0. The molecule has 2 nitrogen and oxygen atoms in total. The Hall–Kier alpha value is -0.0800. The van der Waals surface area contributed by atoms with Crippen LogP contribution in [0.1, 0.15) is 60.8 Å². The van der Waals surface area contributed by atoms with Crippen LogP contribution in [-0.4, -0.2) is 29.6 Å². The highest BCUT2D eigenvalue weighted by Gasteiger charge is 2.39. The second kappa shape index (κ2) is 6.38. The Kier molecular flexibility index (Phi) is 5.67. The summed E-state index contributed by atoms with van der Waals surface area (Å²) in [5.74, 6) is 2.66. The molecule has 2 heteroatoms. The number of nitrogens with two attached hydrogens (primary N) is 1. The minimum absolute atomic E-state index is 0.349. The first-order valence-electron chi connectivity index (χ1n) is 7.70. The number of likely N-dealkylation sites (tertiary alicyclic amines) is 1. The van der Waals surface area contributed by atoms with E-state index in [1.807, 2.05) is 0 Å². The van der Waals surface area contributed by atoms with Gasteiger partial charge < -0.3 is 5.73 Å². The molecule has 0 aromatic rings. The number of hydrogen-bond acceptors (Lipinski definition) is 2. The average Bonchev–Trinajstić information content (AvgIpc) is 2.58. The number of rotatable bonds is 0. The summed E-state index contributed by atoms with van der Waals surface area (Å²) in [6.07, 6.45) is 3.87. The fraction of sp³-hybridized carbons (Fsp3) is 1.00. The maximum absolute atomic E-state index is 6.03. The first-order chi connectivity index (χ1) is 8.20. The van der Waals surface area contributed by atoms with Gasteiger partial charge in [-0.2, -0.15) is 0 Å². The molecule has 3 atom stereocenters. The first-order valence-corrected chi connectivity index (χ1v) is 7.70. The average molecular weight is 254 g/mol. The smallest absolute Gasteiger partial charge is 0.0125 e. The van der Waals surface area contributed by atoms with E-state index >= 15 is 0 Å². The van der Waals surface area contributed by atoms with Crippen molar-refractivity contribution in [2.45, 2.75) is 72.4 Å². The number of hydrogen-bond donors (Lipinski definition) is 1. The molecule has 18 heavy (non-hydrogen) atoms. The van der Waals surface area contributed by atoms with Crippen LogP contribution in [0.3, 0.4) is 0 Å². The van der Waals surface area contributed by atoms with Crippen LogP contribution in [0.15, 0.2) is 0 Å². The molecule has 0 aromatic carbocycles. The molecule has 3 unspecified atom stereocenters. The van der Waals surface area contributed by atoms with Crippen molar-refractivity contribution in [3.63, 3.8) is 0 Å². The maximum atomic E-state index is 6.03. The van der Waals surface area contributed by atoms with Crippen LogP contribution in [0, 0.1) is 17.8 Å². The summed E-state index contributed by atoms with van der Waals surface area (Å²) in [5.41, 5.74) is 6.38. The highest BCUT2D eigenvalue weighted by atomic mass is 15.2. The van der Waals surface area contributed by atoms with Gasteiger partial charge in [0.1, 0.15) is 0 Å². The van der Waals surface area contributed by atoms with E-state index in [2.05, 4.69) is 46.4 Å². The van der Waals surface area contributed by atoms with E-state index < -0.39 is 0 Å². The van der Waals surface area contributed by atoms with Crippen LogP contribution in [0.25, 0.3) is 0 Å². The summed E-state index contributed by atoms with van der Waals surface area (Å²) in [6.45, 7) is 16.1. The van der Waals surface area contributed by atoms with Gasteiger partial charge in [-0.25, -0.2) is 0 Å². The fourth-order valence-electron chi connectivity index (χ4n) is 3.02. The van der Waals surface area contributed by atoms with Gasteiger partial charge in [-0.15, -0.1) is 0 Å². The van der Waals surface area contributed by atoms with Crippen LogP contribution in [0.2, 0.25) is 0 Å². The second-order valence-corrected chi connectivity index (χ2v) is 7.90. The van der Waals surface area contributed by atoms with Crippen LogP contribution >= 0.6 is 0 Å². The van der Waals surface area contributed by atoms with E-state index in [-0.39, 0.29) is 0 Å². The number of fused-ring (bicyclic) bond motifs is 1. The Labute approximate surface area is 114 Å². The molecule has 2 N–H and O–H groups in total. The van der Waals surface area contributed by atoms with E-state index in [1.54, 1.807) is 0 Å². The summed E-state index contributed by atoms with van der Waals surface area (Å²) in [4.78, 5) is 2.64. The SMILES string of the molecule is CC(C)(C)N1CC2CCC(N)CC2C1.CC(C)C. The van der Waals surface area contributed by atoms with Gasteiger partial charge in [0.2, 0.25) is 0 Å². The Morgan fingerprint density at radius 2 is 1.50 bits per heavy atom. The molecule has 0 radical (unpaired) electrons. The standard InChI is InChI=1S/C12H24N2.C4H10/c1-12(2,3)14-7-9-4-5-11(13)6-10(9)8-14;1-4(2)3/h9-11H,4-8,13H2,1-3H3;4H,1-3H3. The van der Waals surface area contributed by atoms with Crippen LogP contribution in [-0.2, 0) is 0 Å². The van der Waals surface area contributed by atoms with Gasteiger partial charge in [-0.3, -0.25) is 4.90 Å². The van der Waals surface area contributed by atoms with Crippen molar-refractivity contribution in [3.05, 3.63) is 0 Å². The fourth-order valence-corrected chi connectivity index (χ4v) is 3.02. The third-order valence-corrected chi connectivity index (χ3v) is 4.04. The lowest BCUT2D eigenvalue weighted by atomic mass is 9.79. The van der Waals surface area contributed by atoms with Gasteiger partial charge in [0.05, 0.1) is 0 Å². The van der Waals surface area contributed by atoms with Crippen molar-refractivity contribution < 1.29 is 0 Å². The molecule has 1 heterocycles. The van der Waals surface area contributed by atoms with E-state index in [9.17, 15) is 0 Å². The molecule has 2 rings (SSSR count). The molecule has 0 amide bonds. The van der Waals surface area contributed by atoms with Crippen molar-refractivity contribution in [2.24, 2.45) is 23.5 Å². The van der Waals surface area contributed by atoms with Crippen LogP contribution < -0.4 is 5.73 Å². The van der Waals surface area contributed by atoms with E-state index in [0.717, 1.165) is 17.8 Å². The topological polar surface area (TPSA) is 29.3 Å². The maximum Gasteiger partial charge on any atom is 0.0125 e. The van der Waals surface area contributed by atoms with E-state index in [4.69, 9.17) is 5.73 Å². The zero-order valence-electron chi connectivity index (χ0n) is 13.4. The molecule has 2 aliphatic rings. The van der Waals surface area contributed by atoms with Crippen molar-refractivity contribution in [3.8, 4) is 0 Å². The van der Waals surface area contributed by atoms with Gasteiger partial charge in [0.25, 0.3) is 0 Å². The summed E-state index contributed by atoms with van der Waals surface area (Å²) < 4.78 is 0. The molecule has 2 fully saturated rings. The van der Waals surface area contributed by atoms with Crippen molar-refractivity contribution in [1.29, 1.82) is 0 Å². The molecule has 1 aliphatic carbocycles. The number of nitrogens with zero attached hydrogens (tertiary/aromatic N) is 1. The second-order valence-electron chi connectivity index (χ2n) is 7.90. The largest absolute Gasteiger partial charge is 0.328 e. The van der Waals surface area contributed by atoms with Gasteiger partial charge in [-0.05, 0) is 57.8 Å². The Morgan fingerprint density at radius 3 is 2.00 bits per heavy atom. The van der Waals surface area contributed by atoms with Gasteiger partial charge in [0.15, 0.2) is 0 Å². The molecule has 0 bridgehead atoms. The lowest BCUT2D eigenvalue weighted by Gasteiger charge is -2.31. The van der Waals surface area contributed by atoms with E-state index in [1.165, 1.54) is 32.4 Å². The van der Waals surface area contributed by atoms with Crippen LogP contribution in [0.5, 0.6) is 0 Å². The van der Waals surface area contributed by atoms with Crippen molar-refractivity contribution >= 4 is 0 Å². The molecule has 0 spiro atoms. The minimum atomic E-state index is 0.349. The summed E-state index contributed by atoms with van der Waals surface area (Å²) in [7, 11) is 0. The zero-order chi connectivity index (χ0) is 13.9. The molecule has 1 saturated carbocycles.